The molecule has 4 heteroatoms. The molecular formula is C17H30BNO2. The molecule has 0 saturated carbocycles. The van der Waals surface area contributed by atoms with Crippen molar-refractivity contribution in [2.24, 2.45) is 0 Å². The predicted octanol–water partition coefficient (Wildman–Crippen LogP) is 3.70. The second-order valence-electron chi connectivity index (χ2n) is 6.62. The summed E-state index contributed by atoms with van der Waals surface area (Å²) in [5.41, 5.74) is 1.96. The van der Waals surface area contributed by atoms with E-state index in [1.807, 2.05) is 26.1 Å². The molecule has 0 radical (unpaired) electrons. The molecule has 1 saturated heterocycles. The third-order valence-electron chi connectivity index (χ3n) is 4.09. The Labute approximate surface area is 130 Å². The molecule has 1 aliphatic rings. The molecule has 2 atom stereocenters. The van der Waals surface area contributed by atoms with E-state index in [1.54, 1.807) is 0 Å². The lowest BCUT2D eigenvalue weighted by Gasteiger charge is -2.25. The van der Waals surface area contributed by atoms with Crippen molar-refractivity contribution in [1.82, 2.24) is 4.98 Å². The van der Waals surface area contributed by atoms with Gasteiger partial charge in [-0.25, -0.2) is 0 Å². The van der Waals surface area contributed by atoms with Crippen LogP contribution in [0.25, 0.3) is 0 Å². The van der Waals surface area contributed by atoms with Gasteiger partial charge in [0.1, 0.15) is 0 Å². The van der Waals surface area contributed by atoms with Crippen LogP contribution in [-0.4, -0.2) is 23.8 Å². The van der Waals surface area contributed by atoms with Crippen LogP contribution in [0.1, 0.15) is 67.5 Å². The monoisotopic (exact) mass is 291 g/mol. The Morgan fingerprint density at radius 3 is 2.43 bits per heavy atom. The number of hydrogen-bond acceptors (Lipinski definition) is 3. The molecule has 21 heavy (non-hydrogen) atoms. The van der Waals surface area contributed by atoms with Gasteiger partial charge in [0.05, 0.1) is 11.7 Å². The van der Waals surface area contributed by atoms with Gasteiger partial charge < -0.3 is 9.31 Å². The summed E-state index contributed by atoms with van der Waals surface area (Å²) in [6.45, 7) is 16.8. The van der Waals surface area contributed by atoms with Crippen molar-refractivity contribution in [3.63, 3.8) is 0 Å². The molecule has 1 aromatic heterocycles. The van der Waals surface area contributed by atoms with Crippen molar-refractivity contribution in [2.45, 2.75) is 78.9 Å². The first kappa shape index (κ1) is 18.2. The number of nitrogens with zero attached hydrogens (tertiary/aromatic N) is 1. The fourth-order valence-corrected chi connectivity index (χ4v) is 2.22. The highest BCUT2D eigenvalue weighted by Crippen LogP contribution is 2.30. The Kier molecular flexibility index (Phi) is 6.00. The van der Waals surface area contributed by atoms with Crippen LogP contribution in [0.3, 0.4) is 0 Å². The summed E-state index contributed by atoms with van der Waals surface area (Å²) in [6, 6.07) is 4.08. The van der Waals surface area contributed by atoms with Crippen molar-refractivity contribution < 1.29 is 9.31 Å². The Bertz CT molecular complexity index is 458. The lowest BCUT2D eigenvalue weighted by atomic mass is 9.77. The van der Waals surface area contributed by atoms with Crippen LogP contribution >= 0.6 is 0 Å². The third-order valence-corrected chi connectivity index (χ3v) is 4.09. The fourth-order valence-electron chi connectivity index (χ4n) is 2.22. The molecule has 2 heterocycles. The van der Waals surface area contributed by atoms with Gasteiger partial charge in [0.2, 0.25) is 0 Å². The highest BCUT2D eigenvalue weighted by molar-refractivity contribution is 6.62. The van der Waals surface area contributed by atoms with E-state index in [9.17, 15) is 0 Å². The van der Waals surface area contributed by atoms with Crippen molar-refractivity contribution >= 4 is 12.6 Å². The minimum atomic E-state index is -0.274. The summed E-state index contributed by atoms with van der Waals surface area (Å²) in [5.74, 6) is 0. The molecule has 0 aliphatic carbocycles. The van der Waals surface area contributed by atoms with Crippen LogP contribution in [0.5, 0.6) is 0 Å². The summed E-state index contributed by atoms with van der Waals surface area (Å²) in [4.78, 5) is 4.45. The minimum Gasteiger partial charge on any atom is -0.402 e. The maximum absolute atomic E-state index is 6.11. The summed E-state index contributed by atoms with van der Waals surface area (Å²) >= 11 is 0. The molecule has 0 aromatic carbocycles. The molecule has 1 aliphatic heterocycles. The molecule has 1 aromatic rings. The van der Waals surface area contributed by atoms with Gasteiger partial charge in [-0.05, 0) is 37.9 Å². The van der Waals surface area contributed by atoms with Crippen LogP contribution in [0.15, 0.2) is 18.3 Å². The average Bonchev–Trinajstić information content (AvgIpc) is 2.77. The highest BCUT2D eigenvalue weighted by Gasteiger charge is 2.45. The van der Waals surface area contributed by atoms with Gasteiger partial charge in [-0.3, -0.25) is 4.98 Å². The predicted molar refractivity (Wildman–Crippen MR) is 90.0 cm³/mol. The largest absolute Gasteiger partial charge is 0.494 e. The van der Waals surface area contributed by atoms with E-state index in [-0.39, 0.29) is 24.2 Å². The molecule has 3 nitrogen and oxygen atoms in total. The van der Waals surface area contributed by atoms with Gasteiger partial charge in [-0.15, -0.1) is 0 Å². The van der Waals surface area contributed by atoms with Crippen molar-refractivity contribution in [3.8, 4) is 0 Å². The summed E-state index contributed by atoms with van der Waals surface area (Å²) in [7, 11) is -0.274. The maximum atomic E-state index is 6.11. The zero-order chi connectivity index (χ0) is 16.3. The molecular weight excluding hydrogens is 261 g/mol. The molecule has 118 valence electrons. The van der Waals surface area contributed by atoms with E-state index in [1.165, 1.54) is 0 Å². The Morgan fingerprint density at radius 1 is 1.33 bits per heavy atom. The lowest BCUT2D eigenvalue weighted by Crippen LogP contribution is -2.37. The van der Waals surface area contributed by atoms with Gasteiger partial charge in [0, 0.05) is 17.3 Å². The fraction of sp³-hybridized carbons (Fsp3) is 0.706. The van der Waals surface area contributed by atoms with Gasteiger partial charge in [0.25, 0.3) is 0 Å². The molecule has 0 amide bonds. The third kappa shape index (κ3) is 4.07. The van der Waals surface area contributed by atoms with E-state index in [2.05, 4.69) is 52.6 Å². The number of rotatable bonds is 2. The van der Waals surface area contributed by atoms with Crippen LogP contribution in [0.2, 0.25) is 0 Å². The lowest BCUT2D eigenvalue weighted by molar-refractivity contribution is 0.0609. The van der Waals surface area contributed by atoms with Gasteiger partial charge in [-0.1, -0.05) is 41.5 Å². The van der Waals surface area contributed by atoms with Crippen molar-refractivity contribution in [1.29, 1.82) is 0 Å². The van der Waals surface area contributed by atoms with Crippen molar-refractivity contribution in [3.05, 3.63) is 24.0 Å². The molecule has 0 bridgehead atoms. The van der Waals surface area contributed by atoms with Crippen LogP contribution in [-0.2, 0) is 14.7 Å². The smallest absolute Gasteiger partial charge is 0.402 e. The first-order valence-electron chi connectivity index (χ1n) is 8.06. The van der Waals surface area contributed by atoms with Gasteiger partial charge in [0.15, 0.2) is 0 Å². The first-order chi connectivity index (χ1) is 9.76. The first-order valence-corrected chi connectivity index (χ1v) is 8.06. The molecule has 2 unspecified atom stereocenters. The normalized spacial score (nSPS) is 25.5. The number of pyridine rings is 1. The summed E-state index contributed by atoms with van der Waals surface area (Å²) in [6.07, 6.45) is 2.89. The van der Waals surface area contributed by atoms with Crippen LogP contribution in [0.4, 0.5) is 0 Å². The maximum Gasteiger partial charge on any atom is 0.494 e. The van der Waals surface area contributed by atoms with Crippen molar-refractivity contribution in [2.75, 3.05) is 0 Å². The summed E-state index contributed by atoms with van der Waals surface area (Å²) in [5, 5.41) is 0. The van der Waals surface area contributed by atoms with E-state index in [0.29, 0.717) is 0 Å². The molecule has 2 rings (SSSR count). The Hall–Kier alpha value is -0.865. The Balaban J connectivity index is 0.00000106. The molecule has 0 N–H and O–H groups in total. The standard InChI is InChI=1S/C15H24BNO2.C2H6/c1-7-15(6)11(2)18-16(19-15)12-8-9-17-13(10-12)14(3,4)5;1-2/h8-11H,7H2,1-6H3;1-2H3. The minimum absolute atomic E-state index is 0.0360. The zero-order valence-corrected chi connectivity index (χ0v) is 14.9. The van der Waals surface area contributed by atoms with E-state index in [4.69, 9.17) is 9.31 Å². The Morgan fingerprint density at radius 2 is 1.95 bits per heavy atom. The van der Waals surface area contributed by atoms with E-state index >= 15 is 0 Å². The second kappa shape index (κ2) is 6.93. The second-order valence-corrected chi connectivity index (χ2v) is 6.62. The van der Waals surface area contributed by atoms with E-state index < -0.39 is 0 Å². The average molecular weight is 291 g/mol. The topological polar surface area (TPSA) is 31.4 Å². The molecule has 0 spiro atoms. The van der Waals surface area contributed by atoms with Gasteiger partial charge >= 0.3 is 7.12 Å². The number of aromatic nitrogens is 1. The SMILES string of the molecule is CC.CCC1(C)OB(c2ccnc(C(C)(C)C)c2)OC1C. The summed E-state index contributed by atoms with van der Waals surface area (Å²) < 4.78 is 12.1. The van der Waals surface area contributed by atoms with Crippen LogP contribution in [0, 0.1) is 0 Å². The molecule has 1 fully saturated rings. The highest BCUT2D eigenvalue weighted by atomic mass is 16.7. The van der Waals surface area contributed by atoms with Gasteiger partial charge in [-0.2, -0.15) is 0 Å². The zero-order valence-electron chi connectivity index (χ0n) is 14.9. The van der Waals surface area contributed by atoms with E-state index in [0.717, 1.165) is 17.6 Å². The quantitative estimate of drug-likeness (QED) is 0.778. The number of hydrogen-bond donors (Lipinski definition) is 0. The van der Waals surface area contributed by atoms with Crippen LogP contribution < -0.4 is 5.46 Å².